The first-order valence-corrected chi connectivity index (χ1v) is 10.9. The summed E-state index contributed by atoms with van der Waals surface area (Å²) in [5.74, 6) is 2.33. The maximum absolute atomic E-state index is 12.6. The van der Waals surface area contributed by atoms with Crippen molar-refractivity contribution in [3.05, 3.63) is 65.2 Å². The standard InChI is InChI=1S/C23H29NO2S/c1-4-23(5-2)14-20(19-12-8-9-13-21(19)26-23)24-22(25)16-27-15-18-11-7-6-10-17(18)3/h6-13,20H,4-5,14-16H2,1-3H3,(H,24,25). The number of thioether (sulfide) groups is 1. The average Bonchev–Trinajstić information content (AvgIpc) is 2.69. The molecule has 0 aromatic heterocycles. The minimum absolute atomic E-state index is 0.0152. The summed E-state index contributed by atoms with van der Waals surface area (Å²) in [6.07, 6.45) is 2.70. The molecule has 0 aliphatic carbocycles. The van der Waals surface area contributed by atoms with Crippen LogP contribution in [0.2, 0.25) is 0 Å². The van der Waals surface area contributed by atoms with E-state index in [4.69, 9.17) is 4.74 Å². The zero-order valence-corrected chi connectivity index (χ0v) is 17.3. The van der Waals surface area contributed by atoms with Crippen LogP contribution in [0.5, 0.6) is 5.75 Å². The van der Waals surface area contributed by atoms with Gasteiger partial charge in [0, 0.05) is 17.7 Å². The number of aryl methyl sites for hydroxylation is 1. The van der Waals surface area contributed by atoms with Crippen molar-refractivity contribution in [3.63, 3.8) is 0 Å². The van der Waals surface area contributed by atoms with Gasteiger partial charge in [-0.15, -0.1) is 11.8 Å². The number of nitrogens with one attached hydrogen (secondary N) is 1. The van der Waals surface area contributed by atoms with Gasteiger partial charge in [0.15, 0.2) is 0 Å². The van der Waals surface area contributed by atoms with Crippen LogP contribution in [0.1, 0.15) is 55.8 Å². The molecule has 0 fully saturated rings. The topological polar surface area (TPSA) is 38.3 Å². The third-order valence-corrected chi connectivity index (χ3v) is 6.55. The summed E-state index contributed by atoms with van der Waals surface area (Å²) in [5.41, 5.74) is 3.47. The van der Waals surface area contributed by atoms with E-state index in [0.29, 0.717) is 5.75 Å². The molecule has 27 heavy (non-hydrogen) atoms. The molecule has 2 aromatic rings. The highest BCUT2D eigenvalue weighted by Gasteiger charge is 2.38. The molecular formula is C23H29NO2S. The number of rotatable bonds is 7. The van der Waals surface area contributed by atoms with Gasteiger partial charge >= 0.3 is 0 Å². The van der Waals surface area contributed by atoms with E-state index in [1.54, 1.807) is 11.8 Å². The molecule has 0 saturated heterocycles. The van der Waals surface area contributed by atoms with Gasteiger partial charge in [0.2, 0.25) is 5.91 Å². The van der Waals surface area contributed by atoms with Crippen LogP contribution in [0.3, 0.4) is 0 Å². The quantitative estimate of drug-likeness (QED) is 0.693. The molecule has 0 saturated carbocycles. The number of hydrogen-bond acceptors (Lipinski definition) is 3. The summed E-state index contributed by atoms with van der Waals surface area (Å²) in [4.78, 5) is 12.6. The lowest BCUT2D eigenvalue weighted by atomic mass is 9.83. The number of ether oxygens (including phenoxy) is 1. The van der Waals surface area contributed by atoms with Gasteiger partial charge in [-0.25, -0.2) is 0 Å². The monoisotopic (exact) mass is 383 g/mol. The van der Waals surface area contributed by atoms with E-state index in [1.165, 1.54) is 11.1 Å². The highest BCUT2D eigenvalue weighted by atomic mass is 32.2. The SMILES string of the molecule is CCC1(CC)CC(NC(=O)CSCc2ccccc2C)c2ccccc2O1. The second-order valence-electron chi connectivity index (χ2n) is 7.27. The highest BCUT2D eigenvalue weighted by Crippen LogP contribution is 2.42. The van der Waals surface area contributed by atoms with Crippen molar-refractivity contribution < 1.29 is 9.53 Å². The van der Waals surface area contributed by atoms with Crippen molar-refractivity contribution in [1.29, 1.82) is 0 Å². The van der Waals surface area contributed by atoms with Gasteiger partial charge in [-0.3, -0.25) is 4.79 Å². The molecule has 1 atom stereocenters. The van der Waals surface area contributed by atoms with Crippen molar-refractivity contribution in [2.75, 3.05) is 5.75 Å². The number of benzene rings is 2. The minimum atomic E-state index is -0.194. The predicted octanol–water partition coefficient (Wildman–Crippen LogP) is 5.43. The molecule has 0 spiro atoms. The molecule has 4 heteroatoms. The van der Waals surface area contributed by atoms with Crippen LogP contribution in [0.4, 0.5) is 0 Å². The van der Waals surface area contributed by atoms with Gasteiger partial charge in [-0.1, -0.05) is 56.3 Å². The van der Waals surface area contributed by atoms with Gasteiger partial charge < -0.3 is 10.1 Å². The van der Waals surface area contributed by atoms with E-state index < -0.39 is 0 Å². The molecule has 1 N–H and O–H groups in total. The van der Waals surface area contributed by atoms with Crippen LogP contribution in [-0.4, -0.2) is 17.3 Å². The van der Waals surface area contributed by atoms with Crippen LogP contribution in [-0.2, 0) is 10.5 Å². The summed E-state index contributed by atoms with van der Waals surface area (Å²) in [5, 5.41) is 3.26. The maximum Gasteiger partial charge on any atom is 0.230 e. The molecular weight excluding hydrogens is 354 g/mol. The highest BCUT2D eigenvalue weighted by molar-refractivity contribution is 7.99. The number of carbonyl (C=O) groups is 1. The molecule has 3 rings (SSSR count). The lowest BCUT2D eigenvalue weighted by Gasteiger charge is -2.41. The molecule has 1 amide bonds. The number of hydrogen-bond donors (Lipinski definition) is 1. The van der Waals surface area contributed by atoms with E-state index in [1.807, 2.05) is 24.3 Å². The second-order valence-corrected chi connectivity index (χ2v) is 8.26. The van der Waals surface area contributed by atoms with Crippen LogP contribution in [0.15, 0.2) is 48.5 Å². The molecule has 0 bridgehead atoms. The molecule has 3 nitrogen and oxygen atoms in total. The smallest absolute Gasteiger partial charge is 0.230 e. The summed E-state index contributed by atoms with van der Waals surface area (Å²) in [6.45, 7) is 6.44. The predicted molar refractivity (Wildman–Crippen MR) is 113 cm³/mol. The van der Waals surface area contributed by atoms with Gasteiger partial charge in [0.05, 0.1) is 11.8 Å². The van der Waals surface area contributed by atoms with E-state index in [2.05, 4.69) is 50.4 Å². The van der Waals surface area contributed by atoms with Gasteiger partial charge in [-0.05, 0) is 37.0 Å². The number of carbonyl (C=O) groups excluding carboxylic acids is 1. The van der Waals surface area contributed by atoms with Crippen molar-refractivity contribution >= 4 is 17.7 Å². The van der Waals surface area contributed by atoms with E-state index in [-0.39, 0.29) is 17.6 Å². The lowest BCUT2D eigenvalue weighted by Crippen LogP contribution is -2.44. The first-order chi connectivity index (χ1) is 13.1. The fourth-order valence-corrected chi connectivity index (χ4v) is 4.61. The Morgan fingerprint density at radius 2 is 1.85 bits per heavy atom. The molecule has 144 valence electrons. The van der Waals surface area contributed by atoms with Crippen molar-refractivity contribution in [2.45, 2.75) is 57.4 Å². The van der Waals surface area contributed by atoms with Crippen LogP contribution in [0, 0.1) is 6.92 Å². The second kappa shape index (κ2) is 8.83. The van der Waals surface area contributed by atoms with Gasteiger partial charge in [0.25, 0.3) is 0 Å². The summed E-state index contributed by atoms with van der Waals surface area (Å²) >= 11 is 1.67. The van der Waals surface area contributed by atoms with E-state index >= 15 is 0 Å². The molecule has 1 heterocycles. The number of fused-ring (bicyclic) bond motifs is 1. The number of para-hydroxylation sites is 1. The Bertz CT molecular complexity index is 785. The zero-order valence-electron chi connectivity index (χ0n) is 16.5. The first-order valence-electron chi connectivity index (χ1n) is 9.76. The van der Waals surface area contributed by atoms with Crippen LogP contribution >= 0.6 is 11.8 Å². The van der Waals surface area contributed by atoms with E-state index in [9.17, 15) is 4.79 Å². The van der Waals surface area contributed by atoms with Crippen LogP contribution in [0.25, 0.3) is 0 Å². The maximum atomic E-state index is 12.6. The molecule has 1 aliphatic rings. The van der Waals surface area contributed by atoms with Crippen molar-refractivity contribution in [2.24, 2.45) is 0 Å². The lowest BCUT2D eigenvalue weighted by molar-refractivity contribution is -0.120. The third kappa shape index (κ3) is 4.67. The Morgan fingerprint density at radius 3 is 2.59 bits per heavy atom. The van der Waals surface area contributed by atoms with Crippen LogP contribution < -0.4 is 10.1 Å². The summed E-state index contributed by atoms with van der Waals surface area (Å²) in [7, 11) is 0. The normalized spacial score (nSPS) is 17.7. The minimum Gasteiger partial charge on any atom is -0.487 e. The fourth-order valence-electron chi connectivity index (χ4n) is 3.69. The Hall–Kier alpha value is -1.94. The first kappa shape index (κ1) is 19.8. The van der Waals surface area contributed by atoms with Crippen molar-refractivity contribution in [1.82, 2.24) is 5.32 Å². The number of amides is 1. The van der Waals surface area contributed by atoms with Gasteiger partial charge in [-0.2, -0.15) is 0 Å². The zero-order chi connectivity index (χ0) is 19.3. The molecule has 0 radical (unpaired) electrons. The summed E-state index contributed by atoms with van der Waals surface area (Å²) in [6, 6.07) is 16.5. The third-order valence-electron chi connectivity index (χ3n) is 5.57. The Labute approximate surface area is 166 Å². The van der Waals surface area contributed by atoms with Crippen molar-refractivity contribution in [3.8, 4) is 5.75 Å². The Balaban J connectivity index is 1.63. The molecule has 1 aliphatic heterocycles. The van der Waals surface area contributed by atoms with Gasteiger partial charge in [0.1, 0.15) is 11.4 Å². The largest absolute Gasteiger partial charge is 0.487 e. The fraction of sp³-hybridized carbons (Fsp3) is 0.435. The molecule has 1 unspecified atom stereocenters. The summed E-state index contributed by atoms with van der Waals surface area (Å²) < 4.78 is 6.33. The molecule has 2 aromatic carbocycles. The Morgan fingerprint density at radius 1 is 1.15 bits per heavy atom. The Kier molecular flexibility index (Phi) is 6.48. The average molecular weight is 384 g/mol. The van der Waals surface area contributed by atoms with E-state index in [0.717, 1.165) is 36.3 Å².